The van der Waals surface area contributed by atoms with Crippen LogP contribution in [0.5, 0.6) is 0 Å². The number of piperidine rings is 1. The van der Waals surface area contributed by atoms with Crippen molar-refractivity contribution in [3.05, 3.63) is 34.1 Å². The average Bonchev–Trinajstić information content (AvgIpc) is 2.53. The van der Waals surface area contributed by atoms with Gasteiger partial charge >= 0.3 is 0 Å². The van der Waals surface area contributed by atoms with Gasteiger partial charge in [-0.15, -0.1) is 12.4 Å². The maximum atomic E-state index is 13.7. The monoisotopic (exact) mass is 408 g/mol. The molecule has 0 unspecified atom stereocenters. The molecular weight excluding hydrogens is 387 g/mol. The zero-order valence-electron chi connectivity index (χ0n) is 13.2. The fourth-order valence-corrected chi connectivity index (χ4v) is 3.05. The Morgan fingerprint density at radius 2 is 2.13 bits per heavy atom. The number of rotatable bonds is 6. The lowest BCUT2D eigenvalue weighted by Crippen LogP contribution is -2.54. The van der Waals surface area contributed by atoms with Crippen molar-refractivity contribution in [2.75, 3.05) is 26.7 Å². The molecule has 0 aliphatic carbocycles. The van der Waals surface area contributed by atoms with E-state index in [1.807, 2.05) is 6.07 Å². The molecule has 2 N–H and O–H groups in total. The number of aryl methyl sites for hydroxylation is 1. The standard InChI is InChI=1S/C16H22BrFN2O2.ClH/c1-22-16(6-9-19-10-7-16)15(21)20-8-2-3-12-4-5-13(17)11-14(12)18;/h4-5,11,19H,2-3,6-10H2,1H3,(H,20,21);1H. The van der Waals surface area contributed by atoms with Crippen molar-refractivity contribution < 1.29 is 13.9 Å². The Balaban J connectivity index is 0.00000264. The summed E-state index contributed by atoms with van der Waals surface area (Å²) in [5.74, 6) is -0.278. The second-order valence-electron chi connectivity index (χ2n) is 5.54. The molecule has 1 aromatic carbocycles. The first-order valence-corrected chi connectivity index (χ1v) is 8.35. The number of carbonyl (C=O) groups is 1. The number of ether oxygens (including phenoxy) is 1. The molecule has 2 rings (SSSR count). The van der Waals surface area contributed by atoms with E-state index in [1.54, 1.807) is 13.2 Å². The van der Waals surface area contributed by atoms with Crippen LogP contribution in [0.4, 0.5) is 4.39 Å². The number of amides is 1. The number of nitrogens with one attached hydrogen (secondary N) is 2. The summed E-state index contributed by atoms with van der Waals surface area (Å²) in [4.78, 5) is 12.3. The van der Waals surface area contributed by atoms with Crippen molar-refractivity contribution in [1.82, 2.24) is 10.6 Å². The van der Waals surface area contributed by atoms with E-state index in [2.05, 4.69) is 26.6 Å². The van der Waals surface area contributed by atoms with Gasteiger partial charge in [0.15, 0.2) is 0 Å². The number of carbonyl (C=O) groups excluding carboxylic acids is 1. The Hall–Kier alpha value is -0.690. The van der Waals surface area contributed by atoms with Crippen LogP contribution in [0.25, 0.3) is 0 Å². The summed E-state index contributed by atoms with van der Waals surface area (Å²) in [6, 6.07) is 5.06. The number of halogens is 3. The zero-order chi connectivity index (χ0) is 16.0. The van der Waals surface area contributed by atoms with Gasteiger partial charge in [0.2, 0.25) is 0 Å². The smallest absolute Gasteiger partial charge is 0.252 e. The fourth-order valence-electron chi connectivity index (χ4n) is 2.72. The third-order valence-electron chi connectivity index (χ3n) is 4.14. The van der Waals surface area contributed by atoms with Gasteiger partial charge in [-0.05, 0) is 56.5 Å². The molecule has 0 radical (unpaired) electrons. The Morgan fingerprint density at radius 1 is 1.43 bits per heavy atom. The first-order valence-electron chi connectivity index (χ1n) is 7.55. The minimum absolute atomic E-state index is 0. The molecule has 0 aromatic heterocycles. The Labute approximate surface area is 151 Å². The van der Waals surface area contributed by atoms with Gasteiger partial charge in [0.25, 0.3) is 5.91 Å². The van der Waals surface area contributed by atoms with Gasteiger partial charge < -0.3 is 15.4 Å². The second kappa shape index (κ2) is 9.57. The Morgan fingerprint density at radius 3 is 2.74 bits per heavy atom. The number of benzene rings is 1. The summed E-state index contributed by atoms with van der Waals surface area (Å²) in [5.41, 5.74) is -0.0468. The van der Waals surface area contributed by atoms with Crippen molar-refractivity contribution in [2.45, 2.75) is 31.3 Å². The quantitative estimate of drug-likeness (QED) is 0.710. The van der Waals surface area contributed by atoms with E-state index in [0.29, 0.717) is 37.8 Å². The molecule has 1 fully saturated rings. The third-order valence-corrected chi connectivity index (χ3v) is 4.63. The van der Waals surface area contributed by atoms with E-state index >= 15 is 0 Å². The van der Waals surface area contributed by atoms with Crippen molar-refractivity contribution in [2.24, 2.45) is 0 Å². The van der Waals surface area contributed by atoms with E-state index < -0.39 is 5.60 Å². The van der Waals surface area contributed by atoms with Gasteiger partial charge in [0.1, 0.15) is 11.4 Å². The van der Waals surface area contributed by atoms with Gasteiger partial charge in [-0.25, -0.2) is 4.39 Å². The van der Waals surface area contributed by atoms with Gasteiger partial charge in [0, 0.05) is 18.1 Å². The van der Waals surface area contributed by atoms with Crippen LogP contribution in [0.2, 0.25) is 0 Å². The minimum atomic E-state index is -0.714. The summed E-state index contributed by atoms with van der Waals surface area (Å²) in [6.45, 7) is 2.09. The maximum absolute atomic E-state index is 13.7. The lowest BCUT2D eigenvalue weighted by molar-refractivity contribution is -0.146. The summed E-state index contributed by atoms with van der Waals surface area (Å²) < 4.78 is 19.9. The minimum Gasteiger partial charge on any atom is -0.368 e. The fraction of sp³-hybridized carbons (Fsp3) is 0.562. The SMILES string of the molecule is COC1(C(=O)NCCCc2ccc(Br)cc2F)CCNCC1.Cl. The second-order valence-corrected chi connectivity index (χ2v) is 6.46. The first kappa shape index (κ1) is 20.4. The van der Waals surface area contributed by atoms with Crippen LogP contribution >= 0.6 is 28.3 Å². The summed E-state index contributed by atoms with van der Waals surface area (Å²) in [6.07, 6.45) is 2.65. The molecule has 0 bridgehead atoms. The molecular formula is C16H23BrClFN2O2. The topological polar surface area (TPSA) is 50.4 Å². The molecule has 0 spiro atoms. The highest BCUT2D eigenvalue weighted by molar-refractivity contribution is 9.10. The van der Waals surface area contributed by atoms with Crippen molar-refractivity contribution in [3.8, 4) is 0 Å². The number of methoxy groups -OCH3 is 1. The Kier molecular flexibility index (Phi) is 8.47. The first-order chi connectivity index (χ1) is 10.6. The van der Waals surface area contributed by atoms with E-state index in [-0.39, 0.29) is 24.1 Å². The average molecular weight is 410 g/mol. The number of hydrogen-bond donors (Lipinski definition) is 2. The molecule has 1 saturated heterocycles. The Bertz CT molecular complexity index is 525. The summed E-state index contributed by atoms with van der Waals surface area (Å²) in [5, 5.41) is 6.14. The van der Waals surface area contributed by atoms with Crippen LogP contribution in [-0.4, -0.2) is 38.3 Å². The molecule has 4 nitrogen and oxygen atoms in total. The van der Waals surface area contributed by atoms with E-state index in [4.69, 9.17) is 4.74 Å². The molecule has 1 aliphatic rings. The molecule has 1 aromatic rings. The largest absolute Gasteiger partial charge is 0.368 e. The lowest BCUT2D eigenvalue weighted by atomic mass is 9.91. The predicted octanol–water partition coefficient (Wildman–Crippen LogP) is 2.83. The maximum Gasteiger partial charge on any atom is 0.252 e. The highest BCUT2D eigenvalue weighted by Crippen LogP contribution is 2.22. The van der Waals surface area contributed by atoms with E-state index in [9.17, 15) is 9.18 Å². The van der Waals surface area contributed by atoms with Crippen LogP contribution in [-0.2, 0) is 16.0 Å². The molecule has 0 atom stereocenters. The lowest BCUT2D eigenvalue weighted by Gasteiger charge is -2.34. The molecule has 7 heteroatoms. The van der Waals surface area contributed by atoms with Gasteiger partial charge in [-0.2, -0.15) is 0 Å². The van der Waals surface area contributed by atoms with Crippen molar-refractivity contribution in [3.63, 3.8) is 0 Å². The van der Waals surface area contributed by atoms with E-state index in [1.165, 1.54) is 6.07 Å². The molecule has 130 valence electrons. The highest BCUT2D eigenvalue weighted by Gasteiger charge is 2.39. The van der Waals surface area contributed by atoms with Gasteiger partial charge in [-0.3, -0.25) is 4.79 Å². The van der Waals surface area contributed by atoms with Gasteiger partial charge in [0.05, 0.1) is 0 Å². The van der Waals surface area contributed by atoms with Crippen LogP contribution in [0, 0.1) is 5.82 Å². The van der Waals surface area contributed by atoms with Crippen LogP contribution < -0.4 is 10.6 Å². The number of hydrogen-bond acceptors (Lipinski definition) is 3. The molecule has 1 amide bonds. The van der Waals surface area contributed by atoms with Crippen LogP contribution in [0.1, 0.15) is 24.8 Å². The summed E-state index contributed by atoms with van der Waals surface area (Å²) in [7, 11) is 1.59. The van der Waals surface area contributed by atoms with Crippen molar-refractivity contribution in [1.29, 1.82) is 0 Å². The molecule has 23 heavy (non-hydrogen) atoms. The van der Waals surface area contributed by atoms with Gasteiger partial charge in [-0.1, -0.05) is 22.0 Å². The van der Waals surface area contributed by atoms with Crippen LogP contribution in [0.15, 0.2) is 22.7 Å². The molecule has 0 saturated carbocycles. The highest BCUT2D eigenvalue weighted by atomic mass is 79.9. The van der Waals surface area contributed by atoms with Crippen molar-refractivity contribution >= 4 is 34.2 Å². The summed E-state index contributed by atoms with van der Waals surface area (Å²) >= 11 is 3.24. The zero-order valence-corrected chi connectivity index (χ0v) is 15.6. The van der Waals surface area contributed by atoms with E-state index in [0.717, 1.165) is 17.6 Å². The molecule has 1 heterocycles. The molecule has 1 aliphatic heterocycles. The normalized spacial score (nSPS) is 16.5. The predicted molar refractivity (Wildman–Crippen MR) is 94.5 cm³/mol. The third kappa shape index (κ3) is 5.41. The van der Waals surface area contributed by atoms with Crippen LogP contribution in [0.3, 0.4) is 0 Å².